The van der Waals surface area contributed by atoms with Crippen LogP contribution in [0.15, 0.2) is 54.7 Å². The highest BCUT2D eigenvalue weighted by Crippen LogP contribution is 2.20. The van der Waals surface area contributed by atoms with Crippen LogP contribution in [0.4, 0.5) is 0 Å². The minimum Gasteiger partial charge on any atom is -0.364 e. The summed E-state index contributed by atoms with van der Waals surface area (Å²) in [6.07, 6.45) is 1.57. The zero-order valence-electron chi connectivity index (χ0n) is 10.1. The second kappa shape index (κ2) is 4.49. The minimum atomic E-state index is -0.533. The maximum atomic E-state index is 11.1. The fraction of sp³-hybridized carbons (Fsp3) is 0. The van der Waals surface area contributed by atoms with E-state index in [1.54, 1.807) is 12.3 Å². The Hall–Kier alpha value is -2.75. The molecule has 0 unspecified atom stereocenters. The molecule has 0 spiro atoms. The molecular formula is C15H11N3O. The van der Waals surface area contributed by atoms with E-state index in [2.05, 4.69) is 9.97 Å². The van der Waals surface area contributed by atoms with Crippen LogP contribution in [0.2, 0.25) is 0 Å². The van der Waals surface area contributed by atoms with Gasteiger partial charge < -0.3 is 5.73 Å². The summed E-state index contributed by atoms with van der Waals surface area (Å²) in [6, 6.07) is 15.4. The lowest BCUT2D eigenvalue weighted by Gasteiger charge is -2.03. The van der Waals surface area contributed by atoms with Gasteiger partial charge in [-0.25, -0.2) is 9.97 Å². The maximum absolute atomic E-state index is 11.1. The van der Waals surface area contributed by atoms with Crippen LogP contribution in [0.5, 0.6) is 0 Å². The molecule has 3 aromatic rings. The van der Waals surface area contributed by atoms with Crippen LogP contribution in [0, 0.1) is 0 Å². The van der Waals surface area contributed by atoms with Crippen molar-refractivity contribution in [2.45, 2.75) is 0 Å². The summed E-state index contributed by atoms with van der Waals surface area (Å²) >= 11 is 0. The van der Waals surface area contributed by atoms with Crippen LogP contribution < -0.4 is 5.73 Å². The predicted molar refractivity (Wildman–Crippen MR) is 73.5 cm³/mol. The Labute approximate surface area is 109 Å². The Bertz CT molecular complexity index is 754. The van der Waals surface area contributed by atoms with E-state index in [4.69, 9.17) is 5.73 Å². The lowest BCUT2D eigenvalue weighted by molar-refractivity contribution is 0.0996. The molecule has 0 saturated carbocycles. The van der Waals surface area contributed by atoms with Crippen LogP contribution in [-0.4, -0.2) is 15.9 Å². The first-order valence-corrected chi connectivity index (χ1v) is 5.86. The van der Waals surface area contributed by atoms with Gasteiger partial charge in [-0.05, 0) is 12.1 Å². The van der Waals surface area contributed by atoms with E-state index in [0.29, 0.717) is 0 Å². The van der Waals surface area contributed by atoms with E-state index in [9.17, 15) is 4.79 Å². The first-order valence-electron chi connectivity index (χ1n) is 5.86. The molecule has 2 aromatic heterocycles. The van der Waals surface area contributed by atoms with Crippen molar-refractivity contribution < 1.29 is 4.79 Å². The zero-order valence-corrected chi connectivity index (χ0v) is 10.1. The Morgan fingerprint density at radius 2 is 1.84 bits per heavy atom. The fourth-order valence-corrected chi connectivity index (χ4v) is 1.93. The number of carbonyl (C=O) groups is 1. The van der Waals surface area contributed by atoms with E-state index in [-0.39, 0.29) is 5.69 Å². The fourth-order valence-electron chi connectivity index (χ4n) is 1.93. The van der Waals surface area contributed by atoms with Gasteiger partial charge in [-0.1, -0.05) is 36.4 Å². The van der Waals surface area contributed by atoms with Crippen LogP contribution in [0.3, 0.4) is 0 Å². The second-order valence-electron chi connectivity index (χ2n) is 4.19. The standard InChI is InChI=1S/C15H11N3O/c16-15(19)13-8-11-6-7-12(18-14(11)9-17-13)10-4-2-1-3-5-10/h1-9H,(H2,16,19). The number of hydrogen-bond acceptors (Lipinski definition) is 3. The van der Waals surface area contributed by atoms with E-state index in [1.807, 2.05) is 42.5 Å². The zero-order chi connectivity index (χ0) is 13.2. The number of fused-ring (bicyclic) bond motifs is 1. The summed E-state index contributed by atoms with van der Waals surface area (Å²) in [4.78, 5) is 19.6. The van der Waals surface area contributed by atoms with Crippen molar-refractivity contribution in [2.24, 2.45) is 5.73 Å². The number of amides is 1. The summed E-state index contributed by atoms with van der Waals surface area (Å²) in [5, 5.41) is 0.850. The van der Waals surface area contributed by atoms with E-state index in [0.717, 1.165) is 22.2 Å². The molecular weight excluding hydrogens is 238 g/mol. The SMILES string of the molecule is NC(=O)c1cc2ccc(-c3ccccc3)nc2cn1. The Kier molecular flexibility index (Phi) is 2.68. The van der Waals surface area contributed by atoms with Gasteiger partial charge in [-0.3, -0.25) is 4.79 Å². The summed E-state index contributed by atoms with van der Waals surface area (Å²) in [7, 11) is 0. The Morgan fingerprint density at radius 1 is 1.05 bits per heavy atom. The van der Waals surface area contributed by atoms with Crippen LogP contribution in [-0.2, 0) is 0 Å². The van der Waals surface area contributed by atoms with E-state index >= 15 is 0 Å². The quantitative estimate of drug-likeness (QED) is 0.758. The molecule has 0 radical (unpaired) electrons. The third kappa shape index (κ3) is 2.15. The maximum Gasteiger partial charge on any atom is 0.267 e. The van der Waals surface area contributed by atoms with E-state index < -0.39 is 5.91 Å². The molecule has 0 aliphatic carbocycles. The van der Waals surface area contributed by atoms with E-state index in [1.165, 1.54) is 0 Å². The van der Waals surface area contributed by atoms with Gasteiger partial charge in [0.15, 0.2) is 0 Å². The number of pyridine rings is 2. The van der Waals surface area contributed by atoms with Gasteiger partial charge in [0.25, 0.3) is 5.91 Å². The number of nitrogens with zero attached hydrogens (tertiary/aromatic N) is 2. The molecule has 1 aromatic carbocycles. The molecule has 0 bridgehead atoms. The number of nitrogens with two attached hydrogens (primary N) is 1. The Morgan fingerprint density at radius 3 is 2.58 bits per heavy atom. The molecule has 4 nitrogen and oxygen atoms in total. The van der Waals surface area contributed by atoms with Crippen molar-refractivity contribution in [1.82, 2.24) is 9.97 Å². The van der Waals surface area contributed by atoms with Gasteiger partial charge in [-0.2, -0.15) is 0 Å². The van der Waals surface area contributed by atoms with Gasteiger partial charge in [0.1, 0.15) is 5.69 Å². The second-order valence-corrected chi connectivity index (χ2v) is 4.19. The van der Waals surface area contributed by atoms with Crippen molar-refractivity contribution in [3.8, 4) is 11.3 Å². The largest absolute Gasteiger partial charge is 0.364 e. The number of hydrogen-bond donors (Lipinski definition) is 1. The van der Waals surface area contributed by atoms with Gasteiger partial charge >= 0.3 is 0 Å². The average molecular weight is 249 g/mol. The van der Waals surface area contributed by atoms with Crippen LogP contribution >= 0.6 is 0 Å². The van der Waals surface area contributed by atoms with Crippen molar-refractivity contribution in [3.63, 3.8) is 0 Å². The lowest BCUT2D eigenvalue weighted by atomic mass is 10.1. The first kappa shape index (κ1) is 11.3. The van der Waals surface area contributed by atoms with Crippen molar-refractivity contribution in [2.75, 3.05) is 0 Å². The van der Waals surface area contributed by atoms with Crippen LogP contribution in [0.25, 0.3) is 22.2 Å². The molecule has 0 aliphatic heterocycles. The average Bonchev–Trinajstić information content (AvgIpc) is 2.47. The van der Waals surface area contributed by atoms with Gasteiger partial charge in [0.05, 0.1) is 17.4 Å². The topological polar surface area (TPSA) is 68.9 Å². The van der Waals surface area contributed by atoms with Crippen molar-refractivity contribution in [3.05, 3.63) is 60.4 Å². The molecule has 2 N–H and O–H groups in total. The third-order valence-electron chi connectivity index (χ3n) is 2.90. The molecule has 19 heavy (non-hydrogen) atoms. The number of primary amides is 1. The van der Waals surface area contributed by atoms with Crippen molar-refractivity contribution in [1.29, 1.82) is 0 Å². The molecule has 3 rings (SSSR count). The highest BCUT2D eigenvalue weighted by atomic mass is 16.1. The molecule has 4 heteroatoms. The number of aromatic nitrogens is 2. The summed E-state index contributed by atoms with van der Waals surface area (Å²) in [6.45, 7) is 0. The normalized spacial score (nSPS) is 10.5. The number of carbonyl (C=O) groups excluding carboxylic acids is 1. The number of rotatable bonds is 2. The summed E-state index contributed by atoms with van der Waals surface area (Å²) < 4.78 is 0. The lowest BCUT2D eigenvalue weighted by Crippen LogP contribution is -2.12. The molecule has 0 atom stereocenters. The summed E-state index contributed by atoms with van der Waals surface area (Å²) in [5.41, 5.74) is 8.12. The van der Waals surface area contributed by atoms with Gasteiger partial charge in [-0.15, -0.1) is 0 Å². The molecule has 92 valence electrons. The van der Waals surface area contributed by atoms with Gasteiger partial charge in [0.2, 0.25) is 0 Å². The molecule has 2 heterocycles. The van der Waals surface area contributed by atoms with Gasteiger partial charge in [0, 0.05) is 10.9 Å². The number of benzene rings is 1. The minimum absolute atomic E-state index is 0.252. The van der Waals surface area contributed by atoms with Crippen LogP contribution in [0.1, 0.15) is 10.5 Å². The third-order valence-corrected chi connectivity index (χ3v) is 2.90. The molecule has 0 saturated heterocycles. The predicted octanol–water partition coefficient (Wildman–Crippen LogP) is 2.40. The molecule has 1 amide bonds. The first-order chi connectivity index (χ1) is 9.24. The Balaban J connectivity index is 2.12. The molecule has 0 fully saturated rings. The summed E-state index contributed by atoms with van der Waals surface area (Å²) in [5.74, 6) is -0.533. The monoisotopic (exact) mass is 249 g/mol. The highest BCUT2D eigenvalue weighted by molar-refractivity contribution is 5.94. The highest BCUT2D eigenvalue weighted by Gasteiger charge is 2.05. The smallest absolute Gasteiger partial charge is 0.267 e. The van der Waals surface area contributed by atoms with Crippen molar-refractivity contribution >= 4 is 16.8 Å². The molecule has 0 aliphatic rings.